The van der Waals surface area contributed by atoms with Crippen molar-refractivity contribution in [2.45, 2.75) is 26.7 Å². The van der Waals surface area contributed by atoms with Gasteiger partial charge in [0.25, 0.3) is 0 Å². The molecule has 1 fully saturated rings. The molecule has 0 aliphatic carbocycles. The minimum Gasteiger partial charge on any atom is -0.496 e. The Balaban J connectivity index is 1.55. The van der Waals surface area contributed by atoms with E-state index in [1.165, 1.54) is 0 Å². The predicted octanol–water partition coefficient (Wildman–Crippen LogP) is 3.02. The van der Waals surface area contributed by atoms with E-state index in [1.54, 1.807) is 12.0 Å². The molecule has 1 aliphatic rings. The monoisotopic (exact) mass is 366 g/mol. The lowest BCUT2D eigenvalue weighted by Gasteiger charge is -2.17. The second-order valence-corrected chi connectivity index (χ2v) is 7.10. The van der Waals surface area contributed by atoms with E-state index >= 15 is 0 Å². The quantitative estimate of drug-likeness (QED) is 0.855. The lowest BCUT2D eigenvalue weighted by Crippen LogP contribution is -2.34. The van der Waals surface area contributed by atoms with Crippen molar-refractivity contribution in [2.24, 2.45) is 5.92 Å². The SMILES string of the molecule is COc1ccc(C)cc1CCNC(=O)[C@H]1CC(=O)N(c2ccc(C)cc2)C1. The van der Waals surface area contributed by atoms with E-state index in [-0.39, 0.29) is 24.2 Å². The summed E-state index contributed by atoms with van der Waals surface area (Å²) in [6.45, 7) is 5.00. The number of rotatable bonds is 6. The Morgan fingerprint density at radius 3 is 2.56 bits per heavy atom. The minimum atomic E-state index is -0.307. The Hall–Kier alpha value is -2.82. The van der Waals surface area contributed by atoms with Crippen molar-refractivity contribution in [3.8, 4) is 5.75 Å². The summed E-state index contributed by atoms with van der Waals surface area (Å²) in [5, 5.41) is 2.97. The molecule has 0 spiro atoms. The van der Waals surface area contributed by atoms with E-state index in [2.05, 4.69) is 11.4 Å². The molecule has 5 nitrogen and oxygen atoms in total. The molecule has 2 amide bonds. The molecule has 0 radical (unpaired) electrons. The number of ether oxygens (including phenoxy) is 1. The van der Waals surface area contributed by atoms with Gasteiger partial charge in [-0.3, -0.25) is 9.59 Å². The average molecular weight is 366 g/mol. The average Bonchev–Trinajstić information content (AvgIpc) is 3.04. The molecule has 5 heteroatoms. The first-order valence-corrected chi connectivity index (χ1v) is 9.26. The van der Waals surface area contributed by atoms with E-state index in [9.17, 15) is 9.59 Å². The summed E-state index contributed by atoms with van der Waals surface area (Å²) in [4.78, 5) is 26.5. The van der Waals surface area contributed by atoms with Gasteiger partial charge in [0.15, 0.2) is 0 Å². The lowest BCUT2D eigenvalue weighted by molar-refractivity contribution is -0.126. The molecule has 0 unspecified atom stereocenters. The fourth-order valence-corrected chi connectivity index (χ4v) is 3.42. The summed E-state index contributed by atoms with van der Waals surface area (Å²) in [5.74, 6) is 0.457. The number of hydrogen-bond acceptors (Lipinski definition) is 3. The molecule has 2 aromatic carbocycles. The number of nitrogens with zero attached hydrogens (tertiary/aromatic N) is 1. The van der Waals surface area contributed by atoms with E-state index in [4.69, 9.17) is 4.74 Å². The van der Waals surface area contributed by atoms with Gasteiger partial charge in [-0.25, -0.2) is 0 Å². The van der Waals surface area contributed by atoms with Crippen LogP contribution in [0.25, 0.3) is 0 Å². The molecule has 2 aromatic rings. The van der Waals surface area contributed by atoms with Crippen LogP contribution in [0.5, 0.6) is 5.75 Å². The number of aryl methyl sites for hydroxylation is 2. The van der Waals surface area contributed by atoms with Gasteiger partial charge in [-0.15, -0.1) is 0 Å². The normalized spacial score (nSPS) is 16.5. The molecule has 27 heavy (non-hydrogen) atoms. The molecular weight excluding hydrogens is 340 g/mol. The van der Waals surface area contributed by atoms with Gasteiger partial charge in [-0.2, -0.15) is 0 Å². The van der Waals surface area contributed by atoms with Crippen molar-refractivity contribution in [3.05, 3.63) is 59.2 Å². The third-order valence-electron chi connectivity index (χ3n) is 4.97. The Morgan fingerprint density at radius 2 is 1.85 bits per heavy atom. The van der Waals surface area contributed by atoms with Gasteiger partial charge in [0.1, 0.15) is 5.75 Å². The molecule has 1 atom stereocenters. The van der Waals surface area contributed by atoms with Crippen LogP contribution in [-0.2, 0) is 16.0 Å². The third kappa shape index (κ3) is 4.48. The maximum atomic E-state index is 12.5. The minimum absolute atomic E-state index is 0.000596. The maximum Gasteiger partial charge on any atom is 0.227 e. The van der Waals surface area contributed by atoms with Crippen LogP contribution in [0.1, 0.15) is 23.1 Å². The van der Waals surface area contributed by atoms with Crippen LogP contribution in [0.3, 0.4) is 0 Å². The molecule has 3 rings (SSSR count). The Kier molecular flexibility index (Phi) is 5.79. The van der Waals surface area contributed by atoms with Crippen LogP contribution < -0.4 is 15.0 Å². The smallest absolute Gasteiger partial charge is 0.227 e. The summed E-state index contributed by atoms with van der Waals surface area (Å²) in [6, 6.07) is 13.8. The summed E-state index contributed by atoms with van der Waals surface area (Å²) < 4.78 is 5.38. The highest BCUT2D eigenvalue weighted by atomic mass is 16.5. The third-order valence-corrected chi connectivity index (χ3v) is 4.97. The Bertz CT molecular complexity index is 830. The van der Waals surface area contributed by atoms with Crippen molar-refractivity contribution in [2.75, 3.05) is 25.1 Å². The first kappa shape index (κ1) is 19.0. The van der Waals surface area contributed by atoms with Gasteiger partial charge in [0.2, 0.25) is 11.8 Å². The van der Waals surface area contributed by atoms with Gasteiger partial charge in [-0.05, 0) is 44.0 Å². The van der Waals surface area contributed by atoms with Crippen molar-refractivity contribution in [3.63, 3.8) is 0 Å². The zero-order valence-electron chi connectivity index (χ0n) is 16.1. The Labute approximate surface area is 160 Å². The van der Waals surface area contributed by atoms with Gasteiger partial charge in [0.05, 0.1) is 13.0 Å². The fraction of sp³-hybridized carbons (Fsp3) is 0.364. The van der Waals surface area contributed by atoms with E-state index in [0.29, 0.717) is 19.5 Å². The van der Waals surface area contributed by atoms with E-state index in [0.717, 1.165) is 28.1 Å². The summed E-state index contributed by atoms with van der Waals surface area (Å²) in [6.07, 6.45) is 0.951. The van der Waals surface area contributed by atoms with Crippen LogP contribution in [-0.4, -0.2) is 32.0 Å². The molecule has 1 N–H and O–H groups in total. The summed E-state index contributed by atoms with van der Waals surface area (Å²) in [7, 11) is 1.65. The Morgan fingerprint density at radius 1 is 1.15 bits per heavy atom. The first-order valence-electron chi connectivity index (χ1n) is 9.26. The van der Waals surface area contributed by atoms with Crippen LogP contribution in [0.15, 0.2) is 42.5 Å². The standard InChI is InChI=1S/C22H26N2O3/c1-15-4-7-19(8-5-15)24-14-18(13-21(24)25)22(26)23-11-10-17-12-16(2)6-9-20(17)27-3/h4-9,12,18H,10-11,13-14H2,1-3H3,(H,23,26)/t18-/m0/s1. The molecule has 1 heterocycles. The molecule has 0 aromatic heterocycles. The van der Waals surface area contributed by atoms with Crippen molar-refractivity contribution in [1.29, 1.82) is 0 Å². The number of anilines is 1. The summed E-state index contributed by atoms with van der Waals surface area (Å²) in [5.41, 5.74) is 4.23. The number of amides is 2. The van der Waals surface area contributed by atoms with Crippen molar-refractivity contribution < 1.29 is 14.3 Å². The molecule has 1 saturated heterocycles. The highest BCUT2D eigenvalue weighted by molar-refractivity contribution is 6.00. The maximum absolute atomic E-state index is 12.5. The molecule has 0 saturated carbocycles. The largest absolute Gasteiger partial charge is 0.496 e. The van der Waals surface area contributed by atoms with E-state index < -0.39 is 0 Å². The zero-order chi connectivity index (χ0) is 19.4. The van der Waals surface area contributed by atoms with Gasteiger partial charge < -0.3 is 15.0 Å². The number of benzene rings is 2. The van der Waals surface area contributed by atoms with Crippen LogP contribution in [0, 0.1) is 19.8 Å². The molecular formula is C22H26N2O3. The number of carbonyl (C=O) groups excluding carboxylic acids is 2. The zero-order valence-corrected chi connectivity index (χ0v) is 16.1. The number of hydrogen-bond donors (Lipinski definition) is 1. The van der Waals surface area contributed by atoms with Crippen LogP contribution >= 0.6 is 0 Å². The van der Waals surface area contributed by atoms with Crippen LogP contribution in [0.4, 0.5) is 5.69 Å². The number of methoxy groups -OCH3 is 1. The molecule has 142 valence electrons. The molecule has 1 aliphatic heterocycles. The second kappa shape index (κ2) is 8.25. The topological polar surface area (TPSA) is 58.6 Å². The number of nitrogens with one attached hydrogen (secondary N) is 1. The fourth-order valence-electron chi connectivity index (χ4n) is 3.42. The van der Waals surface area contributed by atoms with Crippen molar-refractivity contribution >= 4 is 17.5 Å². The molecule has 0 bridgehead atoms. The van der Waals surface area contributed by atoms with Crippen LogP contribution in [0.2, 0.25) is 0 Å². The predicted molar refractivity (Wildman–Crippen MR) is 106 cm³/mol. The summed E-state index contributed by atoms with van der Waals surface area (Å²) >= 11 is 0. The first-order chi connectivity index (χ1) is 13.0. The van der Waals surface area contributed by atoms with Gasteiger partial charge in [-0.1, -0.05) is 35.4 Å². The van der Waals surface area contributed by atoms with Gasteiger partial charge in [0, 0.05) is 25.2 Å². The number of carbonyl (C=O) groups is 2. The van der Waals surface area contributed by atoms with Gasteiger partial charge >= 0.3 is 0 Å². The van der Waals surface area contributed by atoms with E-state index in [1.807, 2.05) is 50.2 Å². The van der Waals surface area contributed by atoms with Crippen molar-refractivity contribution in [1.82, 2.24) is 5.32 Å². The lowest BCUT2D eigenvalue weighted by atomic mass is 10.1. The second-order valence-electron chi connectivity index (χ2n) is 7.10. The highest BCUT2D eigenvalue weighted by Gasteiger charge is 2.34. The highest BCUT2D eigenvalue weighted by Crippen LogP contribution is 2.25.